The molecule has 1 aromatic carbocycles. The van der Waals surface area contributed by atoms with E-state index >= 15 is 0 Å². The Bertz CT molecular complexity index is 245. The van der Waals surface area contributed by atoms with Crippen molar-refractivity contribution in [3.05, 3.63) is 34.3 Å². The summed E-state index contributed by atoms with van der Waals surface area (Å²) in [7, 11) is 0. The van der Waals surface area contributed by atoms with Gasteiger partial charge in [0.2, 0.25) is 0 Å². The predicted molar refractivity (Wildman–Crippen MR) is 38.5 cm³/mol. The summed E-state index contributed by atoms with van der Waals surface area (Å²) in [6.07, 6.45) is 0. The van der Waals surface area contributed by atoms with Crippen LogP contribution in [0.25, 0.3) is 0 Å². The number of carbonyl (C=O) groups is 1. The molecule has 0 N–H and O–H groups in total. The van der Waals surface area contributed by atoms with Gasteiger partial charge in [0.05, 0.1) is 5.97 Å². The second-order valence-electron chi connectivity index (χ2n) is 1.79. The van der Waals surface area contributed by atoms with Crippen molar-refractivity contribution in [2.24, 2.45) is 0 Å². The molecule has 4 heteroatoms. The molecule has 0 amide bonds. The molecule has 0 saturated carbocycles. The zero-order chi connectivity index (χ0) is 7.56. The number of carbonyl (C=O) groups excluding carboxylic acids is 1. The fraction of sp³-hybridized carbons (Fsp3) is 0. The zero-order valence-electron chi connectivity index (χ0n) is 6.00. The molecule has 1 rings (SSSR count). The number of aromatic carboxylic acids is 1. The first-order valence-electron chi connectivity index (χ1n) is 2.67. The van der Waals surface area contributed by atoms with Gasteiger partial charge in [-0.1, -0.05) is 28.1 Å². The molecule has 0 unspecified atom stereocenters. The number of hydrogen-bond donors (Lipinski definition) is 0. The third-order valence-corrected chi connectivity index (χ3v) is 1.61. The second kappa shape index (κ2) is 4.93. The predicted octanol–water partition coefficient (Wildman–Crippen LogP) is -2.18. The third-order valence-electron chi connectivity index (χ3n) is 1.08. The minimum atomic E-state index is -1.15. The van der Waals surface area contributed by atoms with Crippen LogP contribution in [0, 0.1) is 0 Å². The smallest absolute Gasteiger partial charge is 0.545 e. The summed E-state index contributed by atoms with van der Waals surface area (Å²) in [4.78, 5) is 10.2. The molecule has 0 heterocycles. The van der Waals surface area contributed by atoms with Crippen LogP contribution in [0.5, 0.6) is 0 Å². The summed E-state index contributed by atoms with van der Waals surface area (Å²) < 4.78 is 0.859. The molecule has 0 fully saturated rings. The van der Waals surface area contributed by atoms with Gasteiger partial charge in [-0.3, -0.25) is 0 Å². The Morgan fingerprint density at radius 1 is 1.27 bits per heavy atom. The molecule has 0 aliphatic rings. The van der Waals surface area contributed by atoms with Crippen LogP contribution >= 0.6 is 15.9 Å². The summed E-state index contributed by atoms with van der Waals surface area (Å²) in [6.45, 7) is 0. The molecule has 0 spiro atoms. The number of halogens is 1. The summed E-state index contributed by atoms with van der Waals surface area (Å²) in [5, 5.41) is 10.2. The fourth-order valence-electron chi connectivity index (χ4n) is 0.586. The van der Waals surface area contributed by atoms with Gasteiger partial charge in [-0.05, 0) is 17.7 Å². The Balaban J connectivity index is 0.000001000. The molecule has 0 saturated heterocycles. The zero-order valence-corrected chi connectivity index (χ0v) is 9.59. The third kappa shape index (κ3) is 3.38. The normalized spacial score (nSPS) is 8.45. The van der Waals surface area contributed by atoms with Crippen molar-refractivity contribution < 1.29 is 39.5 Å². The first kappa shape index (κ1) is 11.2. The van der Waals surface area contributed by atoms with Gasteiger partial charge in [0.15, 0.2) is 0 Å². The van der Waals surface area contributed by atoms with Crippen molar-refractivity contribution in [1.82, 2.24) is 0 Å². The van der Waals surface area contributed by atoms with Gasteiger partial charge in [-0.2, -0.15) is 0 Å². The standard InChI is InChI=1S/C7H5BrO2.Na/c8-6-3-1-5(2-4-6)7(9)10;/h1-4H,(H,9,10);/q;+1/p-1. The van der Waals surface area contributed by atoms with E-state index in [1.165, 1.54) is 12.1 Å². The Kier molecular flexibility index (Phi) is 5.01. The van der Waals surface area contributed by atoms with Crippen LogP contribution in [-0.2, 0) is 0 Å². The molecule has 0 atom stereocenters. The monoisotopic (exact) mass is 222 g/mol. The second-order valence-corrected chi connectivity index (χ2v) is 2.71. The minimum absolute atomic E-state index is 0. The van der Waals surface area contributed by atoms with E-state index in [0.29, 0.717) is 0 Å². The summed E-state index contributed by atoms with van der Waals surface area (Å²) in [6, 6.07) is 6.29. The number of carboxylic acids is 1. The molecule has 2 nitrogen and oxygen atoms in total. The first-order chi connectivity index (χ1) is 4.70. The van der Waals surface area contributed by atoms with Crippen LogP contribution in [0.15, 0.2) is 28.7 Å². The maximum atomic E-state index is 10.2. The van der Waals surface area contributed by atoms with Gasteiger partial charge in [-0.25, -0.2) is 0 Å². The first-order valence-corrected chi connectivity index (χ1v) is 3.46. The van der Waals surface area contributed by atoms with Crippen molar-refractivity contribution in [1.29, 1.82) is 0 Å². The van der Waals surface area contributed by atoms with E-state index in [9.17, 15) is 9.90 Å². The van der Waals surface area contributed by atoms with E-state index in [1.807, 2.05) is 0 Å². The van der Waals surface area contributed by atoms with Crippen molar-refractivity contribution in [2.45, 2.75) is 0 Å². The molecule has 1 aromatic rings. The van der Waals surface area contributed by atoms with Crippen LogP contribution in [0.1, 0.15) is 10.4 Å². The quantitative estimate of drug-likeness (QED) is 0.507. The maximum Gasteiger partial charge on any atom is 1.00 e. The fourth-order valence-corrected chi connectivity index (χ4v) is 0.850. The largest absolute Gasteiger partial charge is 1.00 e. The molecule has 0 aromatic heterocycles. The van der Waals surface area contributed by atoms with Gasteiger partial charge in [0, 0.05) is 4.47 Å². The maximum absolute atomic E-state index is 10.2. The topological polar surface area (TPSA) is 40.1 Å². The average molecular weight is 223 g/mol. The molecule has 0 aliphatic heterocycles. The molecule has 0 aliphatic carbocycles. The van der Waals surface area contributed by atoms with Crippen LogP contribution in [0.3, 0.4) is 0 Å². The molecule has 52 valence electrons. The van der Waals surface area contributed by atoms with Gasteiger partial charge in [0.1, 0.15) is 0 Å². The Labute approximate surface area is 95.0 Å². The van der Waals surface area contributed by atoms with Crippen molar-refractivity contribution in [2.75, 3.05) is 0 Å². The molecule has 0 bridgehead atoms. The van der Waals surface area contributed by atoms with Gasteiger partial charge < -0.3 is 9.90 Å². The molecule has 11 heavy (non-hydrogen) atoms. The van der Waals surface area contributed by atoms with E-state index in [0.717, 1.165) is 4.47 Å². The van der Waals surface area contributed by atoms with Gasteiger partial charge in [0.25, 0.3) is 0 Å². The molecular weight excluding hydrogens is 219 g/mol. The number of rotatable bonds is 1. The van der Waals surface area contributed by atoms with Crippen molar-refractivity contribution in [3.63, 3.8) is 0 Å². The molecule has 0 radical (unpaired) electrons. The minimum Gasteiger partial charge on any atom is -0.545 e. The van der Waals surface area contributed by atoms with E-state index < -0.39 is 5.97 Å². The summed E-state index contributed by atoms with van der Waals surface area (Å²) in [5.41, 5.74) is 0.197. The number of hydrogen-bond acceptors (Lipinski definition) is 2. The summed E-state index contributed by atoms with van der Waals surface area (Å²) >= 11 is 3.18. The van der Waals surface area contributed by atoms with E-state index in [1.54, 1.807) is 12.1 Å². The SMILES string of the molecule is O=C([O-])c1ccc(Br)cc1.[Na+]. The van der Waals surface area contributed by atoms with Crippen LogP contribution < -0.4 is 34.7 Å². The van der Waals surface area contributed by atoms with Crippen LogP contribution in [-0.4, -0.2) is 5.97 Å². The van der Waals surface area contributed by atoms with Crippen molar-refractivity contribution in [3.8, 4) is 0 Å². The Hall–Kier alpha value is 0.170. The van der Waals surface area contributed by atoms with Gasteiger partial charge >= 0.3 is 29.6 Å². The average Bonchev–Trinajstić information content (AvgIpc) is 1.88. The van der Waals surface area contributed by atoms with E-state index in [2.05, 4.69) is 15.9 Å². The Morgan fingerprint density at radius 3 is 2.09 bits per heavy atom. The van der Waals surface area contributed by atoms with Crippen LogP contribution in [0.4, 0.5) is 0 Å². The number of carboxylic acid groups (broad SMARTS) is 1. The van der Waals surface area contributed by atoms with Crippen molar-refractivity contribution >= 4 is 21.9 Å². The van der Waals surface area contributed by atoms with E-state index in [-0.39, 0.29) is 35.1 Å². The summed E-state index contributed by atoms with van der Waals surface area (Å²) in [5.74, 6) is -1.15. The van der Waals surface area contributed by atoms with E-state index in [4.69, 9.17) is 0 Å². The van der Waals surface area contributed by atoms with Crippen LogP contribution in [0.2, 0.25) is 0 Å². The number of benzene rings is 1. The molecular formula is C7H4BrNaO2. The Morgan fingerprint density at radius 2 is 1.73 bits per heavy atom. The van der Waals surface area contributed by atoms with Gasteiger partial charge in [-0.15, -0.1) is 0 Å².